The third-order valence-electron chi connectivity index (χ3n) is 2.92. The lowest BCUT2D eigenvalue weighted by Crippen LogP contribution is -2.61. The maximum atomic E-state index is 12.3. The number of ether oxygens (including phenoxy) is 1. The fourth-order valence-corrected chi connectivity index (χ4v) is 1.76. The Morgan fingerprint density at radius 3 is 1.79 bits per heavy atom. The number of esters is 1. The van der Waals surface area contributed by atoms with Gasteiger partial charge in [-0.15, -0.1) is 0 Å². The maximum Gasteiger partial charge on any atom is 0.322 e. The molecule has 0 aromatic rings. The standard InChI is InChI=1S/C13H23NO5/c1-11(2,3)13(7-15,8(14)9(16)17)10(18)19-12(4,5)6/h7-8H,14H2,1-6H3,(H,16,17)/t8?,13-/m0/s1. The number of hydrogen-bond donors (Lipinski definition) is 2. The molecule has 0 heterocycles. The lowest BCUT2D eigenvalue weighted by molar-refractivity contribution is -0.181. The highest BCUT2D eigenvalue weighted by atomic mass is 16.6. The molecule has 0 aromatic carbocycles. The van der Waals surface area contributed by atoms with Crippen LogP contribution in [0.5, 0.6) is 0 Å². The van der Waals surface area contributed by atoms with Crippen LogP contribution in [0.25, 0.3) is 0 Å². The fraction of sp³-hybridized carbons (Fsp3) is 0.769. The first-order valence-corrected chi connectivity index (χ1v) is 5.98. The molecule has 0 spiro atoms. The largest absolute Gasteiger partial charge is 0.480 e. The number of hydrogen-bond acceptors (Lipinski definition) is 5. The molecule has 19 heavy (non-hydrogen) atoms. The van der Waals surface area contributed by atoms with Gasteiger partial charge in [0.15, 0.2) is 5.41 Å². The summed E-state index contributed by atoms with van der Waals surface area (Å²) < 4.78 is 5.18. The summed E-state index contributed by atoms with van der Waals surface area (Å²) in [6.07, 6.45) is 0.292. The molecule has 6 nitrogen and oxygen atoms in total. The van der Waals surface area contributed by atoms with Crippen LogP contribution in [0.4, 0.5) is 0 Å². The Kier molecular flexibility index (Phi) is 4.89. The van der Waals surface area contributed by atoms with Crippen molar-refractivity contribution < 1.29 is 24.2 Å². The monoisotopic (exact) mass is 273 g/mol. The quantitative estimate of drug-likeness (QED) is 0.449. The summed E-state index contributed by atoms with van der Waals surface area (Å²) >= 11 is 0. The molecule has 3 N–H and O–H groups in total. The van der Waals surface area contributed by atoms with Gasteiger partial charge in [-0.1, -0.05) is 20.8 Å². The summed E-state index contributed by atoms with van der Waals surface area (Å²) in [7, 11) is 0. The van der Waals surface area contributed by atoms with Crippen LogP contribution in [-0.2, 0) is 19.1 Å². The maximum absolute atomic E-state index is 12.3. The van der Waals surface area contributed by atoms with Gasteiger partial charge >= 0.3 is 11.9 Å². The SMILES string of the molecule is CC(C)(C)OC(=O)[C@](C=O)(C(N)C(=O)O)C(C)(C)C. The molecule has 0 bridgehead atoms. The zero-order valence-corrected chi connectivity index (χ0v) is 12.3. The van der Waals surface area contributed by atoms with Crippen LogP contribution in [0.3, 0.4) is 0 Å². The molecule has 1 unspecified atom stereocenters. The third-order valence-corrected chi connectivity index (χ3v) is 2.92. The highest BCUT2D eigenvalue weighted by Crippen LogP contribution is 2.41. The molecule has 0 rings (SSSR count). The molecule has 0 amide bonds. The molecular weight excluding hydrogens is 250 g/mol. The number of carbonyl (C=O) groups is 3. The number of rotatable bonds is 4. The van der Waals surface area contributed by atoms with Gasteiger partial charge in [0.05, 0.1) is 0 Å². The summed E-state index contributed by atoms with van der Waals surface area (Å²) in [4.78, 5) is 34.9. The minimum Gasteiger partial charge on any atom is -0.480 e. The Labute approximate surface area is 113 Å². The van der Waals surface area contributed by atoms with Crippen LogP contribution < -0.4 is 5.73 Å². The normalized spacial score (nSPS) is 17.2. The van der Waals surface area contributed by atoms with E-state index < -0.39 is 34.4 Å². The summed E-state index contributed by atoms with van der Waals surface area (Å²) in [5.74, 6) is -2.34. The number of carboxylic acid groups (broad SMARTS) is 1. The zero-order valence-electron chi connectivity index (χ0n) is 12.3. The van der Waals surface area contributed by atoms with Crippen molar-refractivity contribution in [2.75, 3.05) is 0 Å². The first-order valence-electron chi connectivity index (χ1n) is 5.98. The predicted molar refractivity (Wildman–Crippen MR) is 69.4 cm³/mol. The fourth-order valence-electron chi connectivity index (χ4n) is 1.76. The van der Waals surface area contributed by atoms with E-state index in [0.29, 0.717) is 6.29 Å². The Hall–Kier alpha value is -1.43. The van der Waals surface area contributed by atoms with Crippen LogP contribution in [-0.4, -0.2) is 35.0 Å². The van der Waals surface area contributed by atoms with Crippen LogP contribution in [0.1, 0.15) is 41.5 Å². The van der Waals surface area contributed by atoms with Crippen molar-refractivity contribution in [2.45, 2.75) is 53.2 Å². The van der Waals surface area contributed by atoms with Gasteiger partial charge in [-0.25, -0.2) is 0 Å². The van der Waals surface area contributed by atoms with Crippen molar-refractivity contribution in [3.63, 3.8) is 0 Å². The lowest BCUT2D eigenvalue weighted by atomic mass is 9.63. The van der Waals surface area contributed by atoms with Crippen LogP contribution >= 0.6 is 0 Å². The molecule has 0 aliphatic heterocycles. The smallest absolute Gasteiger partial charge is 0.322 e. The minimum absolute atomic E-state index is 0.292. The summed E-state index contributed by atoms with van der Waals surface area (Å²) in [5, 5.41) is 9.07. The Balaban J connectivity index is 5.84. The first-order chi connectivity index (χ1) is 8.29. The van der Waals surface area contributed by atoms with E-state index in [4.69, 9.17) is 15.6 Å². The van der Waals surface area contributed by atoms with E-state index in [2.05, 4.69) is 0 Å². The second kappa shape index (κ2) is 5.28. The molecule has 0 aromatic heterocycles. The van der Waals surface area contributed by atoms with Crippen LogP contribution in [0.15, 0.2) is 0 Å². The lowest BCUT2D eigenvalue weighted by Gasteiger charge is -2.41. The Morgan fingerprint density at radius 2 is 1.58 bits per heavy atom. The molecule has 0 aliphatic rings. The highest BCUT2D eigenvalue weighted by Gasteiger charge is 2.58. The van der Waals surface area contributed by atoms with Gasteiger partial charge in [0.1, 0.15) is 17.9 Å². The van der Waals surface area contributed by atoms with E-state index in [1.807, 2.05) is 0 Å². The molecular formula is C13H23NO5. The van der Waals surface area contributed by atoms with Crippen molar-refractivity contribution in [3.8, 4) is 0 Å². The molecule has 0 saturated carbocycles. The van der Waals surface area contributed by atoms with Gasteiger partial charge in [0.25, 0.3) is 0 Å². The number of carbonyl (C=O) groups excluding carboxylic acids is 2. The first kappa shape index (κ1) is 17.6. The van der Waals surface area contributed by atoms with Crippen molar-refractivity contribution in [1.29, 1.82) is 0 Å². The second-order valence-corrected chi connectivity index (χ2v) is 6.55. The van der Waals surface area contributed by atoms with Crippen molar-refractivity contribution in [1.82, 2.24) is 0 Å². The molecule has 0 saturated heterocycles. The molecule has 0 aliphatic carbocycles. The van der Waals surface area contributed by atoms with Gasteiger partial charge in [0.2, 0.25) is 0 Å². The van der Waals surface area contributed by atoms with E-state index >= 15 is 0 Å². The van der Waals surface area contributed by atoms with Crippen molar-refractivity contribution in [3.05, 3.63) is 0 Å². The van der Waals surface area contributed by atoms with E-state index in [1.165, 1.54) is 0 Å². The Morgan fingerprint density at radius 1 is 1.16 bits per heavy atom. The van der Waals surface area contributed by atoms with Crippen LogP contribution in [0.2, 0.25) is 0 Å². The third kappa shape index (κ3) is 3.53. The van der Waals surface area contributed by atoms with E-state index in [-0.39, 0.29) is 0 Å². The summed E-state index contributed by atoms with van der Waals surface area (Å²) in [6.45, 7) is 9.64. The molecule has 2 atom stereocenters. The molecule has 0 fully saturated rings. The average Bonchev–Trinajstić information content (AvgIpc) is 2.13. The topological polar surface area (TPSA) is 107 Å². The minimum atomic E-state index is -1.94. The second-order valence-electron chi connectivity index (χ2n) is 6.55. The number of nitrogens with two attached hydrogens (primary N) is 1. The highest BCUT2D eigenvalue weighted by molar-refractivity contribution is 6.00. The van der Waals surface area contributed by atoms with Gasteiger partial charge < -0.3 is 20.4 Å². The molecule has 0 radical (unpaired) electrons. The number of carboxylic acids is 1. The van der Waals surface area contributed by atoms with Gasteiger partial charge in [-0.2, -0.15) is 0 Å². The van der Waals surface area contributed by atoms with E-state index in [9.17, 15) is 14.4 Å². The zero-order chi connectivity index (χ0) is 15.6. The van der Waals surface area contributed by atoms with Gasteiger partial charge in [-0.05, 0) is 26.2 Å². The Bertz CT molecular complexity index is 377. The molecule has 110 valence electrons. The summed E-state index contributed by atoms with van der Waals surface area (Å²) in [6, 6.07) is -1.67. The number of aliphatic carboxylic acids is 1. The average molecular weight is 273 g/mol. The van der Waals surface area contributed by atoms with Gasteiger partial charge in [-0.3, -0.25) is 9.59 Å². The van der Waals surface area contributed by atoms with Crippen molar-refractivity contribution in [2.24, 2.45) is 16.6 Å². The van der Waals surface area contributed by atoms with Crippen LogP contribution in [0, 0.1) is 10.8 Å². The van der Waals surface area contributed by atoms with Crippen molar-refractivity contribution >= 4 is 18.2 Å². The van der Waals surface area contributed by atoms with E-state index in [0.717, 1.165) is 0 Å². The number of aldehydes is 1. The predicted octanol–water partition coefficient (Wildman–Crippen LogP) is 0.971. The van der Waals surface area contributed by atoms with E-state index in [1.54, 1.807) is 41.5 Å². The summed E-state index contributed by atoms with van der Waals surface area (Å²) in [5.41, 5.74) is 1.81. The van der Waals surface area contributed by atoms with Gasteiger partial charge in [0, 0.05) is 0 Å². The molecule has 6 heteroatoms.